The van der Waals surface area contributed by atoms with Crippen molar-refractivity contribution in [1.29, 1.82) is 0 Å². The maximum Gasteiger partial charge on any atom is 0.125 e. The molecule has 2 heteroatoms. The number of carbonyl (C=O) groups is 1. The maximum atomic E-state index is 11.0. The van der Waals surface area contributed by atoms with Crippen LogP contribution < -0.4 is 0 Å². The number of rotatable bonds is 12. The zero-order valence-corrected chi connectivity index (χ0v) is 12.1. The van der Waals surface area contributed by atoms with E-state index in [0.29, 0.717) is 0 Å². The second-order valence-corrected chi connectivity index (χ2v) is 5.06. The first-order valence-corrected chi connectivity index (χ1v) is 7.56. The summed E-state index contributed by atoms with van der Waals surface area (Å²) in [6.45, 7) is 4.31. The van der Waals surface area contributed by atoms with E-state index in [2.05, 4.69) is 13.8 Å². The summed E-state index contributed by atoms with van der Waals surface area (Å²) in [5.74, 6) is -0.218. The molecule has 0 aromatic rings. The van der Waals surface area contributed by atoms with E-state index in [4.69, 9.17) is 0 Å². The minimum absolute atomic E-state index is 0.218. The van der Waals surface area contributed by atoms with Crippen LogP contribution in [-0.2, 0) is 4.79 Å². The first kappa shape index (κ1) is 17.4. The van der Waals surface area contributed by atoms with Gasteiger partial charge in [0.25, 0.3) is 0 Å². The Bertz CT molecular complexity index is 211. The smallest absolute Gasteiger partial charge is 0.125 e. The average Bonchev–Trinajstić information content (AvgIpc) is 2.38. The molecule has 0 saturated carbocycles. The van der Waals surface area contributed by atoms with Crippen molar-refractivity contribution >= 4 is 6.29 Å². The van der Waals surface area contributed by atoms with Crippen LogP contribution in [0.1, 0.15) is 71.6 Å². The highest BCUT2D eigenvalue weighted by atomic mass is 16.3. The van der Waals surface area contributed by atoms with Gasteiger partial charge in [0.05, 0.1) is 6.10 Å². The van der Waals surface area contributed by atoms with E-state index in [1.54, 1.807) is 6.08 Å². The van der Waals surface area contributed by atoms with Crippen LogP contribution in [0.2, 0.25) is 0 Å². The fourth-order valence-corrected chi connectivity index (χ4v) is 2.02. The lowest BCUT2D eigenvalue weighted by Gasteiger charge is -2.14. The highest BCUT2D eigenvalue weighted by Gasteiger charge is 2.14. The van der Waals surface area contributed by atoms with Crippen LogP contribution in [-0.4, -0.2) is 17.5 Å². The molecule has 106 valence electrons. The second-order valence-electron chi connectivity index (χ2n) is 5.06. The number of allylic oxidation sites excluding steroid dienone is 1. The molecule has 1 N–H and O–H groups in total. The number of hydrogen-bond donors (Lipinski definition) is 1. The summed E-state index contributed by atoms with van der Waals surface area (Å²) in [6, 6.07) is 0. The van der Waals surface area contributed by atoms with E-state index in [1.807, 2.05) is 6.08 Å². The van der Waals surface area contributed by atoms with Gasteiger partial charge in [-0.25, -0.2) is 0 Å². The monoisotopic (exact) mass is 254 g/mol. The molecule has 0 unspecified atom stereocenters. The van der Waals surface area contributed by atoms with E-state index in [0.717, 1.165) is 32.0 Å². The molecule has 0 aliphatic carbocycles. The second kappa shape index (κ2) is 12.8. The van der Waals surface area contributed by atoms with Crippen LogP contribution in [0, 0.1) is 5.92 Å². The Kier molecular flexibility index (Phi) is 12.4. The first-order valence-electron chi connectivity index (χ1n) is 7.56. The number of carbonyl (C=O) groups excluding carboxylic acids is 1. The van der Waals surface area contributed by atoms with Crippen molar-refractivity contribution in [2.24, 2.45) is 5.92 Å². The molecule has 2 atom stereocenters. The molecule has 0 spiro atoms. The quantitative estimate of drug-likeness (QED) is 0.321. The minimum Gasteiger partial charge on any atom is -0.388 e. The Labute approximate surface area is 112 Å². The van der Waals surface area contributed by atoms with Crippen molar-refractivity contribution in [2.45, 2.75) is 77.7 Å². The molecule has 18 heavy (non-hydrogen) atoms. The zero-order valence-electron chi connectivity index (χ0n) is 12.1. The van der Waals surface area contributed by atoms with Crippen molar-refractivity contribution < 1.29 is 9.90 Å². The van der Waals surface area contributed by atoms with Crippen LogP contribution >= 0.6 is 0 Å². The van der Waals surface area contributed by atoms with Crippen molar-refractivity contribution in [3.05, 3.63) is 12.2 Å². The van der Waals surface area contributed by atoms with E-state index in [9.17, 15) is 9.90 Å². The van der Waals surface area contributed by atoms with E-state index in [-0.39, 0.29) is 5.92 Å². The summed E-state index contributed by atoms with van der Waals surface area (Å²) in [6.07, 6.45) is 14.3. The molecule has 0 aliphatic heterocycles. The maximum absolute atomic E-state index is 11.0. The molecule has 0 fully saturated rings. The van der Waals surface area contributed by atoms with E-state index in [1.165, 1.54) is 32.1 Å². The standard InChI is InChI=1S/C16H30O2/c1-3-5-7-8-9-11-12-15(14-17)16(18)13-10-6-4-2/h10,13-16,18H,3-9,11-12H2,1-2H3/b13-10+/t15-,16-/m0/s1. The lowest BCUT2D eigenvalue weighted by molar-refractivity contribution is -0.113. The third-order valence-corrected chi connectivity index (χ3v) is 3.29. The number of hydrogen-bond acceptors (Lipinski definition) is 2. The van der Waals surface area contributed by atoms with E-state index >= 15 is 0 Å². The van der Waals surface area contributed by atoms with Crippen LogP contribution in [0.5, 0.6) is 0 Å². The summed E-state index contributed by atoms with van der Waals surface area (Å²) in [7, 11) is 0. The Morgan fingerprint density at radius 2 is 1.67 bits per heavy atom. The SMILES string of the molecule is CCC/C=C/[C@H](O)[C@H](C=O)CCCCCCCC. The molecule has 0 saturated heterocycles. The Hall–Kier alpha value is -0.630. The van der Waals surface area contributed by atoms with Gasteiger partial charge in [0.15, 0.2) is 0 Å². The number of unbranched alkanes of at least 4 members (excludes halogenated alkanes) is 6. The van der Waals surface area contributed by atoms with Crippen molar-refractivity contribution in [3.8, 4) is 0 Å². The fourth-order valence-electron chi connectivity index (χ4n) is 2.02. The Morgan fingerprint density at radius 3 is 2.28 bits per heavy atom. The molecule has 0 aliphatic rings. The molecule has 0 amide bonds. The predicted octanol–water partition coefficient (Wildman–Crippen LogP) is 4.27. The largest absolute Gasteiger partial charge is 0.388 e. The van der Waals surface area contributed by atoms with Crippen LogP contribution in [0.15, 0.2) is 12.2 Å². The topological polar surface area (TPSA) is 37.3 Å². The van der Waals surface area contributed by atoms with Crippen molar-refractivity contribution in [2.75, 3.05) is 0 Å². The zero-order chi connectivity index (χ0) is 13.6. The van der Waals surface area contributed by atoms with Crippen molar-refractivity contribution in [1.82, 2.24) is 0 Å². The Balaban J connectivity index is 3.71. The van der Waals surface area contributed by atoms with Gasteiger partial charge >= 0.3 is 0 Å². The van der Waals surface area contributed by atoms with Crippen LogP contribution in [0.25, 0.3) is 0 Å². The predicted molar refractivity (Wildman–Crippen MR) is 77.6 cm³/mol. The fraction of sp³-hybridized carbons (Fsp3) is 0.812. The van der Waals surface area contributed by atoms with Crippen molar-refractivity contribution in [3.63, 3.8) is 0 Å². The van der Waals surface area contributed by atoms with Gasteiger partial charge in [-0.15, -0.1) is 0 Å². The van der Waals surface area contributed by atoms with Gasteiger partial charge in [0.1, 0.15) is 6.29 Å². The molecule has 0 bridgehead atoms. The normalized spacial score (nSPS) is 14.8. The molecule has 0 rings (SSSR count). The third-order valence-electron chi connectivity index (χ3n) is 3.29. The third kappa shape index (κ3) is 9.41. The van der Waals surface area contributed by atoms with Gasteiger partial charge < -0.3 is 9.90 Å². The molecule has 2 nitrogen and oxygen atoms in total. The van der Waals surface area contributed by atoms with Gasteiger partial charge in [-0.05, 0) is 12.8 Å². The summed E-state index contributed by atoms with van der Waals surface area (Å²) >= 11 is 0. The van der Waals surface area contributed by atoms with Gasteiger partial charge in [0, 0.05) is 5.92 Å². The minimum atomic E-state index is -0.593. The molecular weight excluding hydrogens is 224 g/mol. The Morgan fingerprint density at radius 1 is 1.00 bits per heavy atom. The highest BCUT2D eigenvalue weighted by molar-refractivity contribution is 5.55. The molecule has 0 radical (unpaired) electrons. The summed E-state index contributed by atoms with van der Waals surface area (Å²) < 4.78 is 0. The van der Waals surface area contributed by atoms with Crippen LogP contribution in [0.4, 0.5) is 0 Å². The number of aliphatic hydroxyl groups excluding tert-OH is 1. The molecule has 0 aromatic heterocycles. The lowest BCUT2D eigenvalue weighted by Crippen LogP contribution is -2.19. The van der Waals surface area contributed by atoms with Gasteiger partial charge in [-0.3, -0.25) is 0 Å². The lowest BCUT2D eigenvalue weighted by atomic mass is 9.95. The first-order chi connectivity index (χ1) is 8.76. The number of aliphatic hydroxyl groups is 1. The van der Waals surface area contributed by atoms with Gasteiger partial charge in [-0.1, -0.05) is 70.9 Å². The van der Waals surface area contributed by atoms with Crippen LogP contribution in [0.3, 0.4) is 0 Å². The molecule has 0 aromatic carbocycles. The van der Waals surface area contributed by atoms with Gasteiger partial charge in [0.2, 0.25) is 0 Å². The number of aldehydes is 1. The summed E-state index contributed by atoms with van der Waals surface area (Å²) in [5.41, 5.74) is 0. The highest BCUT2D eigenvalue weighted by Crippen LogP contribution is 2.15. The molecule has 0 heterocycles. The summed E-state index contributed by atoms with van der Waals surface area (Å²) in [4.78, 5) is 11.0. The average molecular weight is 254 g/mol. The molecular formula is C16H30O2. The van der Waals surface area contributed by atoms with Gasteiger partial charge in [-0.2, -0.15) is 0 Å². The summed E-state index contributed by atoms with van der Waals surface area (Å²) in [5, 5.41) is 9.86. The van der Waals surface area contributed by atoms with E-state index < -0.39 is 6.10 Å².